The maximum atomic E-state index is 12.3. The summed E-state index contributed by atoms with van der Waals surface area (Å²) >= 11 is 0. The van der Waals surface area contributed by atoms with Gasteiger partial charge in [-0.05, 0) is 16.7 Å². The Hall–Kier alpha value is -3.56. The summed E-state index contributed by atoms with van der Waals surface area (Å²) in [5.41, 5.74) is 2.80. The molecule has 39 heavy (non-hydrogen) atoms. The number of carboxylic acids is 1. The fourth-order valence-electron chi connectivity index (χ4n) is 4.59. The monoisotopic (exact) mass is 534 g/mol. The Morgan fingerprint density at radius 1 is 0.692 bits per heavy atom. The van der Waals surface area contributed by atoms with Crippen molar-refractivity contribution in [3.8, 4) is 0 Å². The topological polar surface area (TPSA) is 101 Å². The molecule has 0 radical (unpaired) electrons. The van der Waals surface area contributed by atoms with Crippen LogP contribution in [0.25, 0.3) is 0 Å². The first-order valence-electron chi connectivity index (χ1n) is 13.0. The van der Waals surface area contributed by atoms with Crippen LogP contribution >= 0.6 is 0 Å². The van der Waals surface area contributed by atoms with Gasteiger partial charge in [0.1, 0.15) is 18.3 Å². The van der Waals surface area contributed by atoms with E-state index < -0.39 is 42.5 Å². The van der Waals surface area contributed by atoms with Gasteiger partial charge in [0.15, 0.2) is 6.10 Å². The number of esters is 1. The van der Waals surface area contributed by atoms with Gasteiger partial charge in [0.2, 0.25) is 0 Å². The molecule has 0 spiro atoms. The molecule has 1 aliphatic heterocycles. The second kappa shape index (κ2) is 14.6. The van der Waals surface area contributed by atoms with Gasteiger partial charge in [-0.2, -0.15) is 0 Å². The van der Waals surface area contributed by atoms with Crippen LogP contribution in [0, 0.1) is 0 Å². The molecule has 8 heteroatoms. The molecule has 5 atom stereocenters. The molecule has 0 aromatic heterocycles. The summed E-state index contributed by atoms with van der Waals surface area (Å²) in [7, 11) is 0. The van der Waals surface area contributed by atoms with E-state index in [-0.39, 0.29) is 26.2 Å². The second-order valence-electron chi connectivity index (χ2n) is 9.41. The van der Waals surface area contributed by atoms with Gasteiger partial charge in [-0.25, -0.2) is 0 Å². The maximum Gasteiger partial charge on any atom is 0.306 e. The van der Waals surface area contributed by atoms with E-state index in [0.29, 0.717) is 6.61 Å². The fourth-order valence-corrected chi connectivity index (χ4v) is 4.59. The lowest BCUT2D eigenvalue weighted by Gasteiger charge is -2.45. The smallest absolute Gasteiger partial charge is 0.306 e. The maximum absolute atomic E-state index is 12.3. The van der Waals surface area contributed by atoms with E-state index >= 15 is 0 Å². The lowest BCUT2D eigenvalue weighted by molar-refractivity contribution is -0.266. The molecule has 1 N–H and O–H groups in total. The Morgan fingerprint density at radius 2 is 1.15 bits per heavy atom. The van der Waals surface area contributed by atoms with E-state index in [1.807, 2.05) is 91.0 Å². The van der Waals surface area contributed by atoms with E-state index in [0.717, 1.165) is 16.7 Å². The SMILES string of the molecule is CC(=O)O[C@H]1[C@H](OCc2ccccc2)[C@@H](COCc2ccccc2)O[C@H](CC(=O)O)[C@H]1OCc1ccccc1. The van der Waals surface area contributed by atoms with Gasteiger partial charge in [0, 0.05) is 6.92 Å². The number of ether oxygens (including phenoxy) is 5. The van der Waals surface area contributed by atoms with Crippen LogP contribution in [0.3, 0.4) is 0 Å². The van der Waals surface area contributed by atoms with Gasteiger partial charge in [-0.1, -0.05) is 91.0 Å². The van der Waals surface area contributed by atoms with Crippen LogP contribution in [-0.2, 0) is 53.1 Å². The van der Waals surface area contributed by atoms with E-state index in [4.69, 9.17) is 23.7 Å². The van der Waals surface area contributed by atoms with Crippen LogP contribution in [0.1, 0.15) is 30.0 Å². The number of hydrogen-bond donors (Lipinski definition) is 1. The van der Waals surface area contributed by atoms with E-state index in [1.54, 1.807) is 0 Å². The Balaban J connectivity index is 1.58. The Labute approximate surface area is 228 Å². The predicted octanol–water partition coefficient (Wildman–Crippen LogP) is 4.55. The van der Waals surface area contributed by atoms with Crippen molar-refractivity contribution in [2.45, 2.75) is 63.7 Å². The van der Waals surface area contributed by atoms with Gasteiger partial charge < -0.3 is 28.8 Å². The zero-order valence-electron chi connectivity index (χ0n) is 21.9. The molecule has 1 heterocycles. The molecule has 0 amide bonds. The van der Waals surface area contributed by atoms with E-state index in [9.17, 15) is 14.7 Å². The zero-order chi connectivity index (χ0) is 27.5. The molecule has 0 bridgehead atoms. The van der Waals surface area contributed by atoms with Crippen molar-refractivity contribution in [2.75, 3.05) is 6.61 Å². The number of aliphatic carboxylic acids is 1. The molecule has 1 fully saturated rings. The zero-order valence-corrected chi connectivity index (χ0v) is 21.9. The van der Waals surface area contributed by atoms with Gasteiger partial charge >= 0.3 is 11.9 Å². The number of carbonyl (C=O) groups excluding carboxylic acids is 1. The molecular weight excluding hydrogens is 500 g/mol. The summed E-state index contributed by atoms with van der Waals surface area (Å²) in [6.45, 7) is 2.17. The van der Waals surface area contributed by atoms with Crippen molar-refractivity contribution in [3.05, 3.63) is 108 Å². The highest BCUT2D eigenvalue weighted by atomic mass is 16.6. The summed E-state index contributed by atoms with van der Waals surface area (Å²) < 4.78 is 30.6. The van der Waals surface area contributed by atoms with Crippen molar-refractivity contribution in [3.63, 3.8) is 0 Å². The third-order valence-corrected chi connectivity index (χ3v) is 6.37. The first kappa shape index (κ1) is 28.4. The molecule has 206 valence electrons. The molecule has 0 saturated carbocycles. The van der Waals surface area contributed by atoms with Crippen LogP contribution < -0.4 is 0 Å². The van der Waals surface area contributed by atoms with Crippen molar-refractivity contribution in [1.82, 2.24) is 0 Å². The Kier molecular flexibility index (Phi) is 10.6. The number of carboxylic acid groups (broad SMARTS) is 1. The molecule has 4 rings (SSSR count). The molecular formula is C31H34O8. The molecule has 0 unspecified atom stereocenters. The summed E-state index contributed by atoms with van der Waals surface area (Å²) in [4.78, 5) is 24.1. The summed E-state index contributed by atoms with van der Waals surface area (Å²) in [6, 6.07) is 28.8. The quantitative estimate of drug-likeness (QED) is 0.319. The fraction of sp³-hybridized carbons (Fsp3) is 0.355. The van der Waals surface area contributed by atoms with Crippen molar-refractivity contribution >= 4 is 11.9 Å². The molecule has 8 nitrogen and oxygen atoms in total. The number of benzene rings is 3. The lowest BCUT2D eigenvalue weighted by Crippen LogP contribution is -2.61. The average molecular weight is 535 g/mol. The molecule has 3 aromatic carbocycles. The van der Waals surface area contributed by atoms with Crippen molar-refractivity contribution in [2.24, 2.45) is 0 Å². The highest BCUT2D eigenvalue weighted by molar-refractivity contribution is 5.68. The Bertz CT molecular complexity index is 1150. The summed E-state index contributed by atoms with van der Waals surface area (Å²) in [6.07, 6.45) is -4.50. The van der Waals surface area contributed by atoms with Crippen LogP contribution in [0.5, 0.6) is 0 Å². The second-order valence-corrected chi connectivity index (χ2v) is 9.41. The number of rotatable bonds is 13. The lowest BCUT2D eigenvalue weighted by atomic mass is 9.92. The predicted molar refractivity (Wildman–Crippen MR) is 143 cm³/mol. The molecule has 1 saturated heterocycles. The minimum Gasteiger partial charge on any atom is -0.481 e. The summed E-state index contributed by atoms with van der Waals surface area (Å²) in [5.74, 6) is -1.58. The number of hydrogen-bond acceptors (Lipinski definition) is 7. The summed E-state index contributed by atoms with van der Waals surface area (Å²) in [5, 5.41) is 9.66. The van der Waals surface area contributed by atoms with E-state index in [1.165, 1.54) is 6.92 Å². The van der Waals surface area contributed by atoms with Crippen molar-refractivity contribution < 1.29 is 38.4 Å². The largest absolute Gasteiger partial charge is 0.481 e. The minimum atomic E-state index is -1.05. The van der Waals surface area contributed by atoms with Crippen LogP contribution in [0.4, 0.5) is 0 Å². The third-order valence-electron chi connectivity index (χ3n) is 6.37. The normalized spacial score (nSPS) is 22.7. The van der Waals surface area contributed by atoms with Crippen LogP contribution in [-0.4, -0.2) is 54.2 Å². The van der Waals surface area contributed by atoms with Gasteiger partial charge in [0.05, 0.1) is 39.0 Å². The number of carbonyl (C=O) groups is 2. The molecule has 0 aliphatic carbocycles. The standard InChI is InChI=1S/C31H34O8/c1-22(32)38-31-29(36-19-24-13-7-3-8-14-24)26(17-28(33)34)39-27(21-35-18-23-11-5-2-6-12-23)30(31)37-20-25-15-9-4-10-16-25/h2-16,26-27,29-31H,17-21H2,1H3,(H,33,34)/t26-,27-,29-,30-,31-/m1/s1. The first-order chi connectivity index (χ1) is 19.0. The highest BCUT2D eigenvalue weighted by Gasteiger charge is 2.50. The minimum absolute atomic E-state index is 0.105. The van der Waals surface area contributed by atoms with Gasteiger partial charge in [-0.15, -0.1) is 0 Å². The Morgan fingerprint density at radius 3 is 1.62 bits per heavy atom. The van der Waals surface area contributed by atoms with Crippen molar-refractivity contribution in [1.29, 1.82) is 0 Å². The average Bonchev–Trinajstić information content (AvgIpc) is 2.93. The molecule has 1 aliphatic rings. The van der Waals surface area contributed by atoms with Crippen LogP contribution in [0.15, 0.2) is 91.0 Å². The molecule has 3 aromatic rings. The van der Waals surface area contributed by atoms with Gasteiger partial charge in [0.25, 0.3) is 0 Å². The van der Waals surface area contributed by atoms with Gasteiger partial charge in [-0.3, -0.25) is 9.59 Å². The van der Waals surface area contributed by atoms with E-state index in [2.05, 4.69) is 0 Å². The van der Waals surface area contributed by atoms with Crippen LogP contribution in [0.2, 0.25) is 0 Å². The first-order valence-corrected chi connectivity index (χ1v) is 13.0. The highest BCUT2D eigenvalue weighted by Crippen LogP contribution is 2.32. The third kappa shape index (κ3) is 8.73.